The lowest BCUT2D eigenvalue weighted by atomic mass is 10.3. The fraction of sp³-hybridized carbons (Fsp3) is 0.500. The Kier molecular flexibility index (Phi) is 5.50. The second kappa shape index (κ2) is 6.95. The predicted molar refractivity (Wildman–Crippen MR) is 64.0 cm³/mol. The van der Waals surface area contributed by atoms with E-state index >= 15 is 0 Å². The highest BCUT2D eigenvalue weighted by Gasteiger charge is 2.01. The van der Waals surface area contributed by atoms with Crippen LogP contribution in [0.5, 0.6) is 11.5 Å². The predicted octanol–water partition coefficient (Wildman–Crippen LogP) is 2.08. The van der Waals surface area contributed by atoms with E-state index in [0.717, 1.165) is 25.2 Å². The second-order valence-electron chi connectivity index (χ2n) is 3.45. The first-order valence-corrected chi connectivity index (χ1v) is 5.33. The molecule has 0 fully saturated rings. The minimum absolute atomic E-state index is 0.603. The lowest BCUT2D eigenvalue weighted by Crippen LogP contribution is -2.02. The van der Waals surface area contributed by atoms with Crippen LogP contribution in [0.15, 0.2) is 18.2 Å². The normalized spacial score (nSPS) is 10.1. The molecule has 0 unspecified atom stereocenters. The number of hydrogen-bond acceptors (Lipinski definition) is 4. The minimum Gasteiger partial charge on any atom is -0.497 e. The summed E-state index contributed by atoms with van der Waals surface area (Å²) in [6, 6.07) is 5.41. The van der Waals surface area contributed by atoms with Crippen molar-refractivity contribution in [3.8, 4) is 11.5 Å². The lowest BCUT2D eigenvalue weighted by Gasteiger charge is -2.09. The summed E-state index contributed by atoms with van der Waals surface area (Å²) in [4.78, 5) is 0. The molecule has 0 aliphatic carbocycles. The Labute approximate surface area is 96.3 Å². The second-order valence-corrected chi connectivity index (χ2v) is 3.45. The Morgan fingerprint density at radius 2 is 1.88 bits per heavy atom. The summed E-state index contributed by atoms with van der Waals surface area (Å²) in [7, 11) is 3.31. The van der Waals surface area contributed by atoms with Gasteiger partial charge in [0, 0.05) is 19.8 Å². The van der Waals surface area contributed by atoms with E-state index < -0.39 is 0 Å². The average molecular weight is 225 g/mol. The van der Waals surface area contributed by atoms with Crippen molar-refractivity contribution in [3.63, 3.8) is 0 Å². The molecule has 0 aromatic heterocycles. The fourth-order valence-corrected chi connectivity index (χ4v) is 1.32. The lowest BCUT2D eigenvalue weighted by molar-refractivity contribution is 0.184. The SMILES string of the molecule is COCCCCOc1ccc(OC)cc1N. The van der Waals surface area contributed by atoms with E-state index in [1.807, 2.05) is 12.1 Å². The van der Waals surface area contributed by atoms with Crippen molar-refractivity contribution in [3.05, 3.63) is 18.2 Å². The Morgan fingerprint density at radius 3 is 2.50 bits per heavy atom. The van der Waals surface area contributed by atoms with E-state index in [9.17, 15) is 0 Å². The molecule has 1 aromatic carbocycles. The number of methoxy groups -OCH3 is 2. The average Bonchev–Trinajstić information content (AvgIpc) is 2.30. The maximum atomic E-state index is 5.81. The zero-order valence-electron chi connectivity index (χ0n) is 9.86. The molecule has 0 aliphatic rings. The van der Waals surface area contributed by atoms with Crippen LogP contribution in [0.25, 0.3) is 0 Å². The number of anilines is 1. The molecule has 0 saturated carbocycles. The van der Waals surface area contributed by atoms with Crippen molar-refractivity contribution in [2.24, 2.45) is 0 Å². The highest BCUT2D eigenvalue weighted by molar-refractivity contribution is 5.56. The van der Waals surface area contributed by atoms with Gasteiger partial charge >= 0.3 is 0 Å². The molecule has 0 heterocycles. The summed E-state index contributed by atoms with van der Waals surface area (Å²) in [6.45, 7) is 1.42. The standard InChI is InChI=1S/C12H19NO3/c1-14-7-3-4-8-16-12-6-5-10(15-2)9-11(12)13/h5-6,9H,3-4,7-8,13H2,1-2H3. The molecular formula is C12H19NO3. The molecular weight excluding hydrogens is 206 g/mol. The van der Waals surface area contributed by atoms with Gasteiger partial charge < -0.3 is 19.9 Å². The van der Waals surface area contributed by atoms with Gasteiger partial charge in [-0.3, -0.25) is 0 Å². The molecule has 1 rings (SSSR count). The molecule has 4 heteroatoms. The number of rotatable bonds is 7. The molecule has 0 amide bonds. The van der Waals surface area contributed by atoms with E-state index in [1.165, 1.54) is 0 Å². The van der Waals surface area contributed by atoms with Crippen LogP contribution in [0, 0.1) is 0 Å². The van der Waals surface area contributed by atoms with E-state index in [0.29, 0.717) is 18.0 Å². The largest absolute Gasteiger partial charge is 0.497 e. The first kappa shape index (κ1) is 12.6. The number of nitrogens with two attached hydrogens (primary N) is 1. The first-order valence-electron chi connectivity index (χ1n) is 5.33. The Balaban J connectivity index is 2.36. The van der Waals surface area contributed by atoms with Crippen molar-refractivity contribution in [2.45, 2.75) is 12.8 Å². The summed E-state index contributed by atoms with van der Waals surface area (Å²) < 4.78 is 15.6. The monoisotopic (exact) mass is 225 g/mol. The van der Waals surface area contributed by atoms with Gasteiger partial charge in [0.15, 0.2) is 0 Å². The van der Waals surface area contributed by atoms with Crippen LogP contribution < -0.4 is 15.2 Å². The van der Waals surface area contributed by atoms with Gasteiger partial charge in [0.1, 0.15) is 11.5 Å². The first-order chi connectivity index (χ1) is 7.77. The van der Waals surface area contributed by atoms with Crippen LogP contribution in [0.1, 0.15) is 12.8 Å². The summed E-state index contributed by atoms with van der Waals surface area (Å²) in [5.41, 5.74) is 6.41. The Bertz CT molecular complexity index is 315. The van der Waals surface area contributed by atoms with Crippen molar-refractivity contribution in [1.82, 2.24) is 0 Å². The van der Waals surface area contributed by atoms with E-state index in [4.69, 9.17) is 19.9 Å². The van der Waals surface area contributed by atoms with Crippen LogP contribution in [-0.4, -0.2) is 27.4 Å². The van der Waals surface area contributed by atoms with Gasteiger partial charge in [-0.15, -0.1) is 0 Å². The van der Waals surface area contributed by atoms with Crippen LogP contribution >= 0.6 is 0 Å². The van der Waals surface area contributed by atoms with E-state index in [1.54, 1.807) is 20.3 Å². The Morgan fingerprint density at radius 1 is 1.12 bits per heavy atom. The van der Waals surface area contributed by atoms with Gasteiger partial charge in [-0.1, -0.05) is 0 Å². The molecule has 16 heavy (non-hydrogen) atoms. The molecule has 0 bridgehead atoms. The third kappa shape index (κ3) is 3.98. The zero-order chi connectivity index (χ0) is 11.8. The number of ether oxygens (including phenoxy) is 3. The third-order valence-corrected chi connectivity index (χ3v) is 2.22. The summed E-state index contributed by atoms with van der Waals surface area (Å²) in [5.74, 6) is 1.45. The summed E-state index contributed by atoms with van der Waals surface area (Å²) >= 11 is 0. The molecule has 0 aliphatic heterocycles. The fourth-order valence-electron chi connectivity index (χ4n) is 1.32. The topological polar surface area (TPSA) is 53.7 Å². The summed E-state index contributed by atoms with van der Waals surface area (Å²) in [5, 5.41) is 0. The van der Waals surface area contributed by atoms with Crippen LogP contribution in [0.2, 0.25) is 0 Å². The van der Waals surface area contributed by atoms with Gasteiger partial charge in [-0.2, -0.15) is 0 Å². The molecule has 0 atom stereocenters. The molecule has 90 valence electrons. The number of benzene rings is 1. The smallest absolute Gasteiger partial charge is 0.142 e. The van der Waals surface area contributed by atoms with Gasteiger partial charge in [0.05, 0.1) is 19.4 Å². The number of nitrogen functional groups attached to an aromatic ring is 1. The minimum atomic E-state index is 0.603. The molecule has 1 aromatic rings. The van der Waals surface area contributed by atoms with Gasteiger partial charge in [0.25, 0.3) is 0 Å². The molecule has 4 nitrogen and oxygen atoms in total. The van der Waals surface area contributed by atoms with Crippen molar-refractivity contribution in [2.75, 3.05) is 33.2 Å². The summed E-state index contributed by atoms with van der Waals surface area (Å²) in [6.07, 6.45) is 1.95. The highest BCUT2D eigenvalue weighted by atomic mass is 16.5. The maximum Gasteiger partial charge on any atom is 0.142 e. The van der Waals surface area contributed by atoms with E-state index in [-0.39, 0.29) is 0 Å². The quantitative estimate of drug-likeness (QED) is 0.570. The molecule has 0 radical (unpaired) electrons. The molecule has 0 saturated heterocycles. The van der Waals surface area contributed by atoms with Crippen molar-refractivity contribution < 1.29 is 14.2 Å². The van der Waals surface area contributed by atoms with Crippen LogP contribution in [-0.2, 0) is 4.74 Å². The maximum absolute atomic E-state index is 5.81. The van der Waals surface area contributed by atoms with Gasteiger partial charge in [-0.25, -0.2) is 0 Å². The van der Waals surface area contributed by atoms with Gasteiger partial charge in [-0.05, 0) is 25.0 Å². The highest BCUT2D eigenvalue weighted by Crippen LogP contribution is 2.26. The van der Waals surface area contributed by atoms with Crippen LogP contribution in [0.4, 0.5) is 5.69 Å². The van der Waals surface area contributed by atoms with Crippen molar-refractivity contribution >= 4 is 5.69 Å². The van der Waals surface area contributed by atoms with Crippen molar-refractivity contribution in [1.29, 1.82) is 0 Å². The number of unbranched alkanes of at least 4 members (excludes halogenated alkanes) is 1. The molecule has 0 spiro atoms. The van der Waals surface area contributed by atoms with Crippen LogP contribution in [0.3, 0.4) is 0 Å². The van der Waals surface area contributed by atoms with E-state index in [2.05, 4.69) is 0 Å². The zero-order valence-corrected chi connectivity index (χ0v) is 9.86. The molecule has 2 N–H and O–H groups in total. The number of hydrogen-bond donors (Lipinski definition) is 1. The third-order valence-electron chi connectivity index (χ3n) is 2.22. The Hall–Kier alpha value is -1.42. The van der Waals surface area contributed by atoms with Gasteiger partial charge in [0.2, 0.25) is 0 Å².